The molecule has 1 saturated heterocycles. The number of benzene rings is 1. The highest BCUT2D eigenvalue weighted by atomic mass is 35.5. The number of nitrogens with one attached hydrogen (secondary N) is 1. The summed E-state index contributed by atoms with van der Waals surface area (Å²) in [5, 5.41) is 5.44. The first-order chi connectivity index (χ1) is 11.5. The normalized spacial score (nSPS) is 19.5. The summed E-state index contributed by atoms with van der Waals surface area (Å²) >= 11 is 9.43. The lowest BCUT2D eigenvalue weighted by molar-refractivity contribution is -0.126. The van der Waals surface area contributed by atoms with Gasteiger partial charge >= 0.3 is 0 Å². The lowest BCUT2D eigenvalue weighted by atomic mass is 10.2. The number of anilines is 1. The fourth-order valence-corrected chi connectivity index (χ4v) is 4.52. The Bertz CT molecular complexity index is 742. The molecule has 0 radical (unpaired) electrons. The molecule has 1 amide bonds. The van der Waals surface area contributed by atoms with Crippen molar-refractivity contribution in [1.29, 1.82) is 0 Å². The lowest BCUT2D eigenvalue weighted by Crippen LogP contribution is -2.29. The minimum Gasteiger partial charge on any atom is -0.364 e. The Morgan fingerprint density at radius 1 is 1.52 bits per heavy atom. The van der Waals surface area contributed by atoms with Crippen LogP contribution >= 0.6 is 47.1 Å². The van der Waals surface area contributed by atoms with E-state index in [9.17, 15) is 4.79 Å². The summed E-state index contributed by atoms with van der Waals surface area (Å²) < 4.78 is 6.54. The Labute approximate surface area is 166 Å². The van der Waals surface area contributed by atoms with Gasteiger partial charge in [-0.05, 0) is 38.0 Å². The summed E-state index contributed by atoms with van der Waals surface area (Å²) in [5.41, 5.74) is 7.22. The van der Waals surface area contributed by atoms with Crippen molar-refractivity contribution in [2.24, 2.45) is 5.73 Å². The van der Waals surface area contributed by atoms with Gasteiger partial charge in [0, 0.05) is 28.2 Å². The summed E-state index contributed by atoms with van der Waals surface area (Å²) in [6.07, 6.45) is 1.05. The number of nitrogens with zero attached hydrogens (tertiary/aromatic N) is 1. The van der Waals surface area contributed by atoms with Crippen molar-refractivity contribution in [3.63, 3.8) is 0 Å². The Hall–Kier alpha value is -0.830. The zero-order valence-corrected chi connectivity index (χ0v) is 16.7. The first-order valence-corrected chi connectivity index (χ1v) is 9.68. The standard InChI is InChI=1S/C16H18ClN3O2S2.ClH/c1-9-8-23-16(19-9)24-14-5-2-10(6-12(14)17)20-15(21)13-4-3-11(7-18)22-13;/h2,5-6,8,11,13H,3-4,7,18H2,1H3,(H,20,21);1H/t11-,13+;/m1./s1. The monoisotopic (exact) mass is 419 g/mol. The van der Waals surface area contributed by atoms with Gasteiger partial charge in [0.25, 0.3) is 5.91 Å². The van der Waals surface area contributed by atoms with Gasteiger partial charge in [0.05, 0.1) is 11.1 Å². The number of thiazole rings is 1. The van der Waals surface area contributed by atoms with E-state index in [0.29, 0.717) is 23.7 Å². The maximum absolute atomic E-state index is 12.2. The number of amides is 1. The smallest absolute Gasteiger partial charge is 0.253 e. The maximum Gasteiger partial charge on any atom is 0.253 e. The molecule has 25 heavy (non-hydrogen) atoms. The molecule has 3 N–H and O–H groups in total. The molecule has 0 bridgehead atoms. The van der Waals surface area contributed by atoms with Gasteiger partial charge in [-0.2, -0.15) is 0 Å². The lowest BCUT2D eigenvalue weighted by Gasteiger charge is -2.13. The number of hydrogen-bond donors (Lipinski definition) is 2. The molecule has 1 aromatic carbocycles. The van der Waals surface area contributed by atoms with E-state index >= 15 is 0 Å². The summed E-state index contributed by atoms with van der Waals surface area (Å²) in [7, 11) is 0. The molecule has 136 valence electrons. The van der Waals surface area contributed by atoms with E-state index in [-0.39, 0.29) is 24.4 Å². The molecule has 9 heteroatoms. The third-order valence-corrected chi connectivity index (χ3v) is 6.21. The molecule has 0 unspecified atom stereocenters. The second-order valence-corrected chi connectivity index (χ2v) is 8.11. The van der Waals surface area contributed by atoms with Crippen LogP contribution in [0.15, 0.2) is 32.8 Å². The minimum atomic E-state index is -0.440. The Morgan fingerprint density at radius 3 is 2.92 bits per heavy atom. The van der Waals surface area contributed by atoms with Gasteiger partial charge < -0.3 is 15.8 Å². The number of aryl methyl sites for hydroxylation is 1. The van der Waals surface area contributed by atoms with Gasteiger partial charge in [0.1, 0.15) is 6.10 Å². The van der Waals surface area contributed by atoms with E-state index in [1.165, 1.54) is 11.8 Å². The van der Waals surface area contributed by atoms with Crippen LogP contribution in [0.5, 0.6) is 0 Å². The van der Waals surface area contributed by atoms with E-state index in [1.807, 2.05) is 24.4 Å². The molecule has 0 saturated carbocycles. The van der Waals surface area contributed by atoms with Crippen LogP contribution in [0.25, 0.3) is 0 Å². The molecule has 1 aromatic heterocycles. The number of carbonyl (C=O) groups is 1. The van der Waals surface area contributed by atoms with Gasteiger partial charge in [-0.1, -0.05) is 23.4 Å². The van der Waals surface area contributed by atoms with Crippen molar-refractivity contribution in [2.75, 3.05) is 11.9 Å². The Kier molecular flexibility index (Phi) is 7.54. The number of rotatable bonds is 5. The largest absolute Gasteiger partial charge is 0.364 e. The second-order valence-electron chi connectivity index (χ2n) is 5.55. The fourth-order valence-electron chi connectivity index (χ4n) is 2.43. The average Bonchev–Trinajstić information content (AvgIpc) is 3.19. The topological polar surface area (TPSA) is 77.2 Å². The van der Waals surface area contributed by atoms with E-state index in [0.717, 1.165) is 21.3 Å². The molecule has 0 spiro atoms. The van der Waals surface area contributed by atoms with Crippen molar-refractivity contribution in [3.8, 4) is 0 Å². The van der Waals surface area contributed by atoms with E-state index in [2.05, 4.69) is 10.3 Å². The fraction of sp³-hybridized carbons (Fsp3) is 0.375. The number of carbonyl (C=O) groups excluding carboxylic acids is 1. The third kappa shape index (κ3) is 5.32. The quantitative estimate of drug-likeness (QED) is 0.761. The number of halogens is 2. The first-order valence-electron chi connectivity index (χ1n) is 7.61. The average molecular weight is 420 g/mol. The number of nitrogens with two attached hydrogens (primary N) is 1. The van der Waals surface area contributed by atoms with Crippen molar-refractivity contribution < 1.29 is 9.53 Å². The van der Waals surface area contributed by atoms with Crippen molar-refractivity contribution in [3.05, 3.63) is 34.3 Å². The molecule has 2 heterocycles. The highest BCUT2D eigenvalue weighted by Crippen LogP contribution is 2.36. The maximum atomic E-state index is 12.2. The molecule has 1 fully saturated rings. The molecule has 1 aliphatic heterocycles. The number of hydrogen-bond acceptors (Lipinski definition) is 6. The first kappa shape index (κ1) is 20.5. The third-order valence-electron chi connectivity index (χ3n) is 3.66. The zero-order chi connectivity index (χ0) is 17.1. The SMILES string of the molecule is Cc1csc(Sc2ccc(NC(=O)[C@@H]3CC[C@H](CN)O3)cc2Cl)n1.Cl. The van der Waals surface area contributed by atoms with Crippen LogP contribution in [0.2, 0.25) is 5.02 Å². The molecular weight excluding hydrogens is 401 g/mol. The molecular formula is C16H19Cl2N3O2S2. The Morgan fingerprint density at radius 2 is 2.32 bits per heavy atom. The van der Waals surface area contributed by atoms with Crippen LogP contribution in [0.3, 0.4) is 0 Å². The highest BCUT2D eigenvalue weighted by molar-refractivity contribution is 8.01. The van der Waals surface area contributed by atoms with Crippen LogP contribution in [0.1, 0.15) is 18.5 Å². The molecule has 2 aromatic rings. The zero-order valence-electron chi connectivity index (χ0n) is 13.5. The molecule has 3 rings (SSSR count). The highest BCUT2D eigenvalue weighted by Gasteiger charge is 2.29. The van der Waals surface area contributed by atoms with E-state index < -0.39 is 6.10 Å². The van der Waals surface area contributed by atoms with Crippen LogP contribution < -0.4 is 11.1 Å². The Balaban J connectivity index is 0.00000225. The van der Waals surface area contributed by atoms with Gasteiger partial charge in [0.2, 0.25) is 0 Å². The van der Waals surface area contributed by atoms with Gasteiger partial charge in [-0.15, -0.1) is 23.7 Å². The van der Waals surface area contributed by atoms with E-state index in [1.54, 1.807) is 17.4 Å². The summed E-state index contributed by atoms with van der Waals surface area (Å²) in [6, 6.07) is 5.47. The van der Waals surface area contributed by atoms with Crippen LogP contribution in [0.4, 0.5) is 5.69 Å². The van der Waals surface area contributed by atoms with Crippen molar-refractivity contribution in [2.45, 2.75) is 41.2 Å². The molecule has 0 aliphatic carbocycles. The number of aromatic nitrogens is 1. The van der Waals surface area contributed by atoms with Crippen LogP contribution in [-0.4, -0.2) is 29.6 Å². The van der Waals surface area contributed by atoms with Crippen LogP contribution in [0, 0.1) is 6.92 Å². The van der Waals surface area contributed by atoms with Crippen molar-refractivity contribution >= 4 is 58.7 Å². The van der Waals surface area contributed by atoms with E-state index in [4.69, 9.17) is 22.1 Å². The predicted molar refractivity (Wildman–Crippen MR) is 105 cm³/mol. The number of ether oxygens (including phenoxy) is 1. The van der Waals surface area contributed by atoms with Gasteiger partial charge in [-0.25, -0.2) is 4.98 Å². The van der Waals surface area contributed by atoms with Crippen LogP contribution in [-0.2, 0) is 9.53 Å². The predicted octanol–water partition coefficient (Wildman–Crippen LogP) is 4.12. The summed E-state index contributed by atoms with van der Waals surface area (Å²) in [4.78, 5) is 17.6. The molecule has 1 aliphatic rings. The molecule has 2 atom stereocenters. The van der Waals surface area contributed by atoms with Gasteiger partial charge in [0.15, 0.2) is 4.34 Å². The van der Waals surface area contributed by atoms with Crippen molar-refractivity contribution in [1.82, 2.24) is 4.98 Å². The van der Waals surface area contributed by atoms with Gasteiger partial charge in [-0.3, -0.25) is 4.79 Å². The molecule has 5 nitrogen and oxygen atoms in total. The minimum absolute atomic E-state index is 0. The summed E-state index contributed by atoms with van der Waals surface area (Å²) in [5.74, 6) is -0.155. The second kappa shape index (κ2) is 9.21. The summed E-state index contributed by atoms with van der Waals surface area (Å²) in [6.45, 7) is 2.40.